The van der Waals surface area contributed by atoms with Crippen LogP contribution in [-0.2, 0) is 11.2 Å². The van der Waals surface area contributed by atoms with Crippen LogP contribution < -0.4 is 0 Å². The lowest BCUT2D eigenvalue weighted by atomic mass is 10.00. The lowest BCUT2D eigenvalue weighted by Crippen LogP contribution is -2.08. The summed E-state index contributed by atoms with van der Waals surface area (Å²) in [5.41, 5.74) is 1.04. The molecule has 0 aliphatic heterocycles. The number of carbonyl (C=O) groups is 2. The van der Waals surface area contributed by atoms with E-state index in [0.29, 0.717) is 22.9 Å². The minimum absolute atomic E-state index is 0.0411. The normalized spacial score (nSPS) is 10.1. The largest absolute Gasteiger partial charge is 0.481 e. The third-order valence-electron chi connectivity index (χ3n) is 2.03. The van der Waals surface area contributed by atoms with Crippen LogP contribution in [-0.4, -0.2) is 22.2 Å². The highest BCUT2D eigenvalue weighted by atomic mass is 79.9. The monoisotopic (exact) mass is 348 g/mol. The number of hydrogen-bond donors (Lipinski definition) is 1. The van der Waals surface area contributed by atoms with Crippen LogP contribution in [0.2, 0.25) is 0 Å². The molecule has 0 heterocycles. The Morgan fingerprint density at radius 2 is 2.00 bits per heavy atom. The van der Waals surface area contributed by atoms with Crippen LogP contribution in [0.15, 0.2) is 22.7 Å². The second-order valence-corrected chi connectivity index (χ2v) is 4.94. The zero-order valence-corrected chi connectivity index (χ0v) is 11.5. The predicted molar refractivity (Wildman–Crippen MR) is 68.2 cm³/mol. The summed E-state index contributed by atoms with van der Waals surface area (Å²) in [5, 5.41) is 9.34. The second-order valence-electron chi connectivity index (χ2n) is 3.23. The van der Waals surface area contributed by atoms with Crippen molar-refractivity contribution < 1.29 is 14.7 Å². The summed E-state index contributed by atoms with van der Waals surface area (Å²) >= 11 is 6.45. The van der Waals surface area contributed by atoms with Crippen molar-refractivity contribution in [2.75, 3.05) is 5.33 Å². The molecule has 1 aromatic carbocycles. The molecule has 0 unspecified atom stereocenters. The smallest absolute Gasteiger partial charge is 0.307 e. The highest BCUT2D eigenvalue weighted by Crippen LogP contribution is 2.19. The second kappa shape index (κ2) is 6.15. The Morgan fingerprint density at radius 3 is 2.56 bits per heavy atom. The van der Waals surface area contributed by atoms with Crippen molar-refractivity contribution >= 4 is 43.6 Å². The molecule has 0 amide bonds. The van der Waals surface area contributed by atoms with Crippen LogP contribution in [0.4, 0.5) is 0 Å². The summed E-state index contributed by atoms with van der Waals surface area (Å²) in [4.78, 5) is 22.4. The highest BCUT2D eigenvalue weighted by Gasteiger charge is 2.13. The van der Waals surface area contributed by atoms with E-state index in [9.17, 15) is 9.59 Å². The van der Waals surface area contributed by atoms with Crippen molar-refractivity contribution in [3.63, 3.8) is 0 Å². The molecule has 0 bridgehead atoms. The van der Waals surface area contributed by atoms with Gasteiger partial charge in [0.05, 0.1) is 6.42 Å². The fraction of sp³-hybridized carbons (Fsp3) is 0.273. The Labute approximate surface area is 110 Å². The van der Waals surface area contributed by atoms with Crippen LogP contribution in [0.25, 0.3) is 0 Å². The molecule has 0 aliphatic carbocycles. The van der Waals surface area contributed by atoms with E-state index < -0.39 is 5.97 Å². The van der Waals surface area contributed by atoms with Gasteiger partial charge in [-0.2, -0.15) is 0 Å². The fourth-order valence-corrected chi connectivity index (χ4v) is 2.13. The van der Waals surface area contributed by atoms with E-state index in [1.807, 2.05) is 0 Å². The molecule has 0 aromatic heterocycles. The Morgan fingerprint density at radius 1 is 1.31 bits per heavy atom. The average molecular weight is 350 g/mol. The summed E-state index contributed by atoms with van der Waals surface area (Å²) in [6.07, 6.45) is 0.233. The number of rotatable bonds is 5. The molecule has 0 saturated carbocycles. The van der Waals surface area contributed by atoms with Crippen molar-refractivity contribution in [2.24, 2.45) is 0 Å². The number of benzene rings is 1. The first-order valence-corrected chi connectivity index (χ1v) is 6.55. The van der Waals surface area contributed by atoms with Gasteiger partial charge in [-0.25, -0.2) is 0 Å². The Kier molecular flexibility index (Phi) is 5.15. The Hall–Kier alpha value is -0.680. The van der Waals surface area contributed by atoms with E-state index in [1.165, 1.54) is 0 Å². The summed E-state index contributed by atoms with van der Waals surface area (Å²) < 4.78 is 0.777. The summed E-state index contributed by atoms with van der Waals surface area (Å²) in [6, 6.07) is 5.08. The number of aliphatic carboxylic acids is 1. The standard InChI is InChI=1S/C11H10Br2O3/c12-4-3-10(14)9-2-1-8(13)5-7(9)6-11(15)16/h1-2,5H,3-4,6H2,(H,15,16). The number of carboxylic acid groups (broad SMARTS) is 1. The lowest BCUT2D eigenvalue weighted by Gasteiger charge is -2.06. The van der Waals surface area contributed by atoms with Crippen molar-refractivity contribution in [1.29, 1.82) is 0 Å². The first kappa shape index (κ1) is 13.4. The van der Waals surface area contributed by atoms with Gasteiger partial charge in [-0.1, -0.05) is 37.9 Å². The number of carboxylic acids is 1. The van der Waals surface area contributed by atoms with Crippen molar-refractivity contribution in [1.82, 2.24) is 0 Å². The minimum atomic E-state index is -0.939. The van der Waals surface area contributed by atoms with Gasteiger partial charge in [0.2, 0.25) is 0 Å². The van der Waals surface area contributed by atoms with Crippen LogP contribution in [0.5, 0.6) is 0 Å². The molecule has 0 spiro atoms. The molecule has 86 valence electrons. The van der Waals surface area contributed by atoms with Crippen LogP contribution >= 0.6 is 31.9 Å². The first-order valence-electron chi connectivity index (χ1n) is 4.64. The Bertz CT molecular complexity index is 416. The lowest BCUT2D eigenvalue weighted by molar-refractivity contribution is -0.136. The van der Waals surface area contributed by atoms with Crippen molar-refractivity contribution in [3.05, 3.63) is 33.8 Å². The van der Waals surface area contributed by atoms with Crippen LogP contribution in [0.3, 0.4) is 0 Å². The predicted octanol–water partition coefficient (Wildman–Crippen LogP) is 3.04. The third-order valence-corrected chi connectivity index (χ3v) is 2.92. The van der Waals surface area contributed by atoms with E-state index in [1.54, 1.807) is 18.2 Å². The zero-order valence-electron chi connectivity index (χ0n) is 8.37. The van der Waals surface area contributed by atoms with E-state index in [-0.39, 0.29) is 12.2 Å². The third kappa shape index (κ3) is 3.72. The number of halogens is 2. The molecule has 5 heteroatoms. The van der Waals surface area contributed by atoms with E-state index in [2.05, 4.69) is 31.9 Å². The average Bonchev–Trinajstić information content (AvgIpc) is 2.16. The molecule has 16 heavy (non-hydrogen) atoms. The van der Waals surface area contributed by atoms with Gasteiger partial charge >= 0.3 is 5.97 Å². The summed E-state index contributed by atoms with van der Waals surface area (Å²) in [6.45, 7) is 0. The minimum Gasteiger partial charge on any atom is -0.481 e. The first-order chi connectivity index (χ1) is 7.54. The number of hydrogen-bond acceptors (Lipinski definition) is 2. The molecular weight excluding hydrogens is 340 g/mol. The van der Waals surface area contributed by atoms with Gasteiger partial charge in [0, 0.05) is 21.8 Å². The molecule has 1 aromatic rings. The van der Waals surface area contributed by atoms with Gasteiger partial charge in [0.15, 0.2) is 5.78 Å². The van der Waals surface area contributed by atoms with E-state index in [0.717, 1.165) is 4.47 Å². The molecule has 1 N–H and O–H groups in total. The molecular formula is C11H10Br2O3. The number of ketones is 1. The summed E-state index contributed by atoms with van der Waals surface area (Å²) in [7, 11) is 0. The molecule has 0 aliphatic rings. The van der Waals surface area contributed by atoms with E-state index in [4.69, 9.17) is 5.11 Å². The van der Waals surface area contributed by atoms with Gasteiger partial charge in [0.25, 0.3) is 0 Å². The SMILES string of the molecule is O=C(O)Cc1cc(Br)ccc1C(=O)CCBr. The number of carbonyl (C=O) groups excluding carboxylic acids is 1. The molecule has 0 saturated heterocycles. The van der Waals surface area contributed by atoms with Gasteiger partial charge in [-0.05, 0) is 17.7 Å². The highest BCUT2D eigenvalue weighted by molar-refractivity contribution is 9.10. The van der Waals surface area contributed by atoms with Crippen molar-refractivity contribution in [2.45, 2.75) is 12.8 Å². The van der Waals surface area contributed by atoms with Gasteiger partial charge in [-0.15, -0.1) is 0 Å². The Balaban J connectivity index is 3.06. The maximum atomic E-state index is 11.7. The molecule has 0 fully saturated rings. The zero-order chi connectivity index (χ0) is 12.1. The quantitative estimate of drug-likeness (QED) is 0.656. The number of alkyl halides is 1. The van der Waals surface area contributed by atoms with Crippen LogP contribution in [0.1, 0.15) is 22.3 Å². The molecule has 1 rings (SSSR count). The summed E-state index contributed by atoms with van der Waals surface area (Å²) in [5.74, 6) is -0.980. The van der Waals surface area contributed by atoms with E-state index >= 15 is 0 Å². The van der Waals surface area contributed by atoms with Crippen molar-refractivity contribution in [3.8, 4) is 0 Å². The van der Waals surface area contributed by atoms with Gasteiger partial charge in [-0.3, -0.25) is 9.59 Å². The van der Waals surface area contributed by atoms with Gasteiger partial charge < -0.3 is 5.11 Å². The molecule has 0 atom stereocenters. The topological polar surface area (TPSA) is 54.4 Å². The molecule has 3 nitrogen and oxygen atoms in total. The fourth-order valence-electron chi connectivity index (χ4n) is 1.36. The maximum Gasteiger partial charge on any atom is 0.307 e. The molecule has 0 radical (unpaired) electrons. The number of Topliss-reactive ketones (excluding diaryl/α,β-unsaturated/α-hetero) is 1. The van der Waals surface area contributed by atoms with Gasteiger partial charge in [0.1, 0.15) is 0 Å². The van der Waals surface area contributed by atoms with Crippen LogP contribution in [0, 0.1) is 0 Å². The maximum absolute atomic E-state index is 11.7.